The molecule has 33 heavy (non-hydrogen) atoms. The Morgan fingerprint density at radius 1 is 1.12 bits per heavy atom. The highest BCUT2D eigenvalue weighted by atomic mass is 35.5. The van der Waals surface area contributed by atoms with Gasteiger partial charge < -0.3 is 30.5 Å². The minimum atomic E-state index is -0.534. The molecule has 3 rings (SSSR count). The van der Waals surface area contributed by atoms with Gasteiger partial charge in [-0.3, -0.25) is 4.79 Å². The number of halogens is 2. The maximum Gasteiger partial charge on any atom is 0.319 e. The first-order valence-electron chi connectivity index (χ1n) is 10.6. The summed E-state index contributed by atoms with van der Waals surface area (Å²) in [7, 11) is 1.57. The number of nitrogens with one attached hydrogen (secondary N) is 3. The van der Waals surface area contributed by atoms with Crippen LogP contribution in [0.25, 0.3) is 0 Å². The molecule has 2 aromatic rings. The zero-order valence-electron chi connectivity index (χ0n) is 18.1. The summed E-state index contributed by atoms with van der Waals surface area (Å²) in [6.45, 7) is 0.166. The van der Waals surface area contributed by atoms with Crippen LogP contribution in [0.5, 0.6) is 5.75 Å². The number of ether oxygens (including phenoxy) is 2. The van der Waals surface area contributed by atoms with E-state index in [1.807, 2.05) is 0 Å². The van der Waals surface area contributed by atoms with Crippen molar-refractivity contribution in [2.45, 2.75) is 37.5 Å². The fourth-order valence-electron chi connectivity index (χ4n) is 3.65. The lowest BCUT2D eigenvalue weighted by atomic mass is 9.97. The monoisotopic (exact) mass is 495 g/mol. The number of carbonyl (C=O) groups excluding carboxylic acids is 2. The lowest BCUT2D eigenvalue weighted by molar-refractivity contribution is -0.0886. The van der Waals surface area contributed by atoms with Crippen LogP contribution < -0.4 is 20.7 Å². The number of hydrogen-bond donors (Lipinski definition) is 4. The highest BCUT2D eigenvalue weighted by molar-refractivity contribution is 6.35. The molecule has 10 heteroatoms. The second kappa shape index (κ2) is 12.1. The standard InChI is InChI=1S/C23H27Cl2N3O5/c1-32-18-4-2-17(3-5-18)27-23(31)28-20-7-6-19(33-21(20)13-29)8-9-26-22(30)14-10-15(24)12-16(25)11-14/h2-5,10-12,19-21,29H,6-9,13H2,1H3,(H,26,30)(H2,27,28,31)/t19-,20-,21+/m0/s1. The molecule has 0 spiro atoms. The van der Waals surface area contributed by atoms with Crippen molar-refractivity contribution in [2.75, 3.05) is 25.6 Å². The summed E-state index contributed by atoms with van der Waals surface area (Å²) in [5, 5.41) is 19.0. The van der Waals surface area contributed by atoms with Crippen LogP contribution in [-0.2, 0) is 4.74 Å². The lowest BCUT2D eigenvalue weighted by Crippen LogP contribution is -2.52. The summed E-state index contributed by atoms with van der Waals surface area (Å²) >= 11 is 11.9. The number of aliphatic hydroxyl groups excluding tert-OH is 1. The van der Waals surface area contributed by atoms with E-state index in [-0.39, 0.29) is 30.7 Å². The molecule has 0 unspecified atom stereocenters. The number of amides is 3. The fourth-order valence-corrected chi connectivity index (χ4v) is 4.18. The molecular formula is C23H27Cl2N3O5. The number of aliphatic hydroxyl groups is 1. The van der Waals surface area contributed by atoms with Crippen molar-refractivity contribution in [1.82, 2.24) is 10.6 Å². The minimum absolute atomic E-state index is 0.145. The Morgan fingerprint density at radius 2 is 1.82 bits per heavy atom. The zero-order chi connectivity index (χ0) is 23.8. The molecule has 0 aromatic heterocycles. The smallest absolute Gasteiger partial charge is 0.319 e. The first-order chi connectivity index (χ1) is 15.9. The molecule has 8 nitrogen and oxygen atoms in total. The van der Waals surface area contributed by atoms with Crippen molar-refractivity contribution in [1.29, 1.82) is 0 Å². The van der Waals surface area contributed by atoms with Gasteiger partial charge in [-0.1, -0.05) is 23.2 Å². The first kappa shape index (κ1) is 25.1. The third kappa shape index (κ3) is 7.50. The number of urea groups is 1. The molecule has 1 fully saturated rings. The summed E-state index contributed by atoms with van der Waals surface area (Å²) in [4.78, 5) is 24.7. The van der Waals surface area contributed by atoms with Crippen molar-refractivity contribution in [3.63, 3.8) is 0 Å². The Kier molecular flexibility index (Phi) is 9.20. The number of carbonyl (C=O) groups is 2. The highest BCUT2D eigenvalue weighted by Gasteiger charge is 2.31. The lowest BCUT2D eigenvalue weighted by Gasteiger charge is -2.36. The van der Waals surface area contributed by atoms with E-state index in [4.69, 9.17) is 32.7 Å². The maximum absolute atomic E-state index is 12.4. The quantitative estimate of drug-likeness (QED) is 0.444. The van der Waals surface area contributed by atoms with E-state index in [9.17, 15) is 14.7 Å². The summed E-state index contributed by atoms with van der Waals surface area (Å²) < 4.78 is 11.1. The van der Waals surface area contributed by atoms with Crippen molar-refractivity contribution in [3.05, 3.63) is 58.1 Å². The average Bonchev–Trinajstić information content (AvgIpc) is 2.79. The van der Waals surface area contributed by atoms with Crippen LogP contribution in [0, 0.1) is 0 Å². The zero-order valence-corrected chi connectivity index (χ0v) is 19.7. The van der Waals surface area contributed by atoms with Gasteiger partial charge in [0.2, 0.25) is 0 Å². The van der Waals surface area contributed by atoms with Gasteiger partial charge in [0.25, 0.3) is 5.91 Å². The van der Waals surface area contributed by atoms with Gasteiger partial charge in [-0.2, -0.15) is 0 Å². The molecule has 1 aliphatic heterocycles. The van der Waals surface area contributed by atoms with Gasteiger partial charge in [-0.05, 0) is 61.7 Å². The molecule has 2 aromatic carbocycles. The molecule has 0 bridgehead atoms. The number of methoxy groups -OCH3 is 1. The van der Waals surface area contributed by atoms with Crippen LogP contribution in [0.1, 0.15) is 29.6 Å². The predicted molar refractivity (Wildman–Crippen MR) is 127 cm³/mol. The van der Waals surface area contributed by atoms with Crippen LogP contribution in [-0.4, -0.2) is 55.6 Å². The van der Waals surface area contributed by atoms with Gasteiger partial charge in [0.1, 0.15) is 11.9 Å². The Bertz CT molecular complexity index is 937. The molecule has 1 heterocycles. The van der Waals surface area contributed by atoms with Gasteiger partial charge in [0.05, 0.1) is 25.9 Å². The molecule has 1 aliphatic rings. The van der Waals surface area contributed by atoms with Gasteiger partial charge in [-0.15, -0.1) is 0 Å². The van der Waals surface area contributed by atoms with E-state index < -0.39 is 6.10 Å². The van der Waals surface area contributed by atoms with Gasteiger partial charge >= 0.3 is 6.03 Å². The van der Waals surface area contributed by atoms with Crippen molar-refractivity contribution >= 4 is 40.8 Å². The van der Waals surface area contributed by atoms with E-state index in [1.54, 1.807) is 49.6 Å². The molecule has 4 N–H and O–H groups in total. The predicted octanol–water partition coefficient (Wildman–Crippen LogP) is 3.85. The van der Waals surface area contributed by atoms with Crippen molar-refractivity contribution in [3.8, 4) is 5.75 Å². The van der Waals surface area contributed by atoms with Crippen LogP contribution in [0.2, 0.25) is 10.0 Å². The van der Waals surface area contributed by atoms with Gasteiger partial charge in [0, 0.05) is 27.8 Å². The normalized spacial score (nSPS) is 20.1. The van der Waals surface area contributed by atoms with Crippen molar-refractivity contribution < 1.29 is 24.2 Å². The average molecular weight is 496 g/mol. The third-order valence-electron chi connectivity index (χ3n) is 5.34. The maximum atomic E-state index is 12.4. The van der Waals surface area contributed by atoms with Crippen LogP contribution >= 0.6 is 23.2 Å². The molecule has 0 radical (unpaired) electrons. The number of hydrogen-bond acceptors (Lipinski definition) is 5. The van der Waals surface area contributed by atoms with E-state index in [0.29, 0.717) is 52.9 Å². The highest BCUT2D eigenvalue weighted by Crippen LogP contribution is 2.23. The Balaban J connectivity index is 1.43. The first-order valence-corrected chi connectivity index (χ1v) is 11.4. The Hall–Kier alpha value is -2.52. The Labute approximate surface area is 202 Å². The summed E-state index contributed by atoms with van der Waals surface area (Å²) in [5.74, 6) is 0.421. The number of benzene rings is 2. The minimum Gasteiger partial charge on any atom is -0.497 e. The number of anilines is 1. The SMILES string of the molecule is COc1ccc(NC(=O)N[C@H]2CC[C@@H](CCNC(=O)c3cc(Cl)cc(Cl)c3)O[C@@H]2CO)cc1. The second-order valence-corrected chi connectivity index (χ2v) is 8.57. The Morgan fingerprint density at radius 3 is 2.45 bits per heavy atom. The molecule has 3 amide bonds. The fraction of sp³-hybridized carbons (Fsp3) is 0.391. The van der Waals surface area contributed by atoms with Crippen LogP contribution in [0.15, 0.2) is 42.5 Å². The molecule has 1 saturated heterocycles. The second-order valence-electron chi connectivity index (χ2n) is 7.69. The van der Waals surface area contributed by atoms with E-state index >= 15 is 0 Å². The molecule has 178 valence electrons. The van der Waals surface area contributed by atoms with E-state index in [2.05, 4.69) is 16.0 Å². The molecule has 0 saturated carbocycles. The third-order valence-corrected chi connectivity index (χ3v) is 5.77. The van der Waals surface area contributed by atoms with Gasteiger partial charge in [0.15, 0.2) is 0 Å². The van der Waals surface area contributed by atoms with E-state index in [0.717, 1.165) is 0 Å². The van der Waals surface area contributed by atoms with E-state index in [1.165, 1.54) is 0 Å². The topological polar surface area (TPSA) is 109 Å². The molecule has 0 aliphatic carbocycles. The summed E-state index contributed by atoms with van der Waals surface area (Å²) in [6, 6.07) is 10.9. The number of rotatable bonds is 8. The van der Waals surface area contributed by atoms with Crippen LogP contribution in [0.4, 0.5) is 10.5 Å². The van der Waals surface area contributed by atoms with Crippen LogP contribution in [0.3, 0.4) is 0 Å². The molecular weight excluding hydrogens is 469 g/mol. The largest absolute Gasteiger partial charge is 0.497 e. The summed E-state index contributed by atoms with van der Waals surface area (Å²) in [6.07, 6.45) is 1.22. The summed E-state index contributed by atoms with van der Waals surface area (Å²) in [5.41, 5.74) is 1.01. The molecule has 3 atom stereocenters. The van der Waals surface area contributed by atoms with Crippen molar-refractivity contribution in [2.24, 2.45) is 0 Å². The van der Waals surface area contributed by atoms with Gasteiger partial charge in [-0.25, -0.2) is 4.79 Å².